The van der Waals surface area contributed by atoms with Gasteiger partial charge in [-0.25, -0.2) is 9.37 Å². The number of H-pyrrole nitrogens is 1. The van der Waals surface area contributed by atoms with Crippen LogP contribution in [-0.4, -0.2) is 40.0 Å². The Morgan fingerprint density at radius 3 is 2.55 bits per heavy atom. The van der Waals surface area contributed by atoms with Gasteiger partial charge in [-0.2, -0.15) is 5.10 Å². The first-order chi connectivity index (χ1) is 18.3. The maximum Gasteiger partial charge on any atom is 0.182 e. The first-order valence-electron chi connectivity index (χ1n) is 12.2. The number of rotatable bonds is 11. The van der Waals surface area contributed by atoms with Crippen LogP contribution in [0.2, 0.25) is 0 Å². The molecular weight excluding hydrogens is 503 g/mol. The lowest BCUT2D eigenvalue weighted by Gasteiger charge is -2.22. The van der Waals surface area contributed by atoms with Gasteiger partial charge in [0.15, 0.2) is 23.2 Å². The Bertz CT molecular complexity index is 1410. The van der Waals surface area contributed by atoms with Crippen LogP contribution in [0.5, 0.6) is 11.5 Å². The van der Waals surface area contributed by atoms with E-state index in [1.54, 1.807) is 48.2 Å². The molecule has 8 nitrogen and oxygen atoms in total. The Morgan fingerprint density at radius 2 is 1.89 bits per heavy atom. The number of nitrogens with zero attached hydrogens (tertiary/aromatic N) is 2. The zero-order valence-electron chi connectivity index (χ0n) is 21.7. The molecule has 5 N–H and O–H groups in total. The molecule has 4 aromatic rings. The molecule has 3 aromatic carbocycles. The van der Waals surface area contributed by atoms with Gasteiger partial charge in [0.25, 0.3) is 0 Å². The van der Waals surface area contributed by atoms with Crippen molar-refractivity contribution in [2.24, 2.45) is 5.73 Å². The standard InChI is InChI=1S/C28H31FN6O2S/c1-5-36-19-14-21(24(29)22(15-19)37-16(2)3)25(32-18-12-10-17(11-13-18)26(30)31)28-33-27(34-35-28)20-8-6-7-9-23(20)38-4/h6-16,25,32H,5H2,1-4H3,(H3,30,31)(H,33,34,35). The average Bonchev–Trinajstić information content (AvgIpc) is 3.39. The molecule has 0 spiro atoms. The Hall–Kier alpha value is -4.05. The molecule has 0 bridgehead atoms. The number of halogens is 1. The highest BCUT2D eigenvalue weighted by Gasteiger charge is 2.26. The lowest BCUT2D eigenvalue weighted by atomic mass is 10.0. The molecule has 0 amide bonds. The molecule has 0 radical (unpaired) electrons. The van der Waals surface area contributed by atoms with Gasteiger partial charge in [-0.3, -0.25) is 10.5 Å². The van der Waals surface area contributed by atoms with E-state index in [-0.39, 0.29) is 23.3 Å². The van der Waals surface area contributed by atoms with Crippen molar-refractivity contribution < 1.29 is 13.9 Å². The summed E-state index contributed by atoms with van der Waals surface area (Å²) < 4.78 is 27.5. The third-order valence-electron chi connectivity index (χ3n) is 5.66. The van der Waals surface area contributed by atoms with Crippen molar-refractivity contribution in [2.75, 3.05) is 18.2 Å². The van der Waals surface area contributed by atoms with E-state index >= 15 is 4.39 Å². The number of nitrogens with two attached hydrogens (primary N) is 1. The molecule has 10 heteroatoms. The molecule has 4 rings (SSSR count). The molecule has 0 aliphatic heterocycles. The number of nitrogens with one attached hydrogen (secondary N) is 3. The van der Waals surface area contributed by atoms with Gasteiger partial charge in [-0.05, 0) is 69.5 Å². The molecule has 1 heterocycles. The highest BCUT2D eigenvalue weighted by Crippen LogP contribution is 2.36. The summed E-state index contributed by atoms with van der Waals surface area (Å²) in [6.45, 7) is 5.95. The summed E-state index contributed by atoms with van der Waals surface area (Å²) >= 11 is 1.60. The molecule has 198 valence electrons. The fourth-order valence-corrected chi connectivity index (χ4v) is 4.55. The number of thioether (sulfide) groups is 1. The van der Waals surface area contributed by atoms with Crippen LogP contribution in [0.3, 0.4) is 0 Å². The Kier molecular flexibility index (Phi) is 8.52. The number of aromatic nitrogens is 3. The van der Waals surface area contributed by atoms with Gasteiger partial charge < -0.3 is 20.5 Å². The van der Waals surface area contributed by atoms with E-state index in [0.717, 1.165) is 10.5 Å². The lowest BCUT2D eigenvalue weighted by Crippen LogP contribution is -2.18. The van der Waals surface area contributed by atoms with Crippen molar-refractivity contribution >= 4 is 23.3 Å². The van der Waals surface area contributed by atoms with Crippen molar-refractivity contribution in [3.63, 3.8) is 0 Å². The number of benzene rings is 3. The van der Waals surface area contributed by atoms with Gasteiger partial charge in [0, 0.05) is 33.3 Å². The van der Waals surface area contributed by atoms with E-state index in [1.807, 2.05) is 51.3 Å². The highest BCUT2D eigenvalue weighted by atomic mass is 32.2. The number of hydrogen-bond acceptors (Lipinski definition) is 7. The van der Waals surface area contributed by atoms with Crippen molar-refractivity contribution in [2.45, 2.75) is 37.8 Å². The molecular formula is C28H31FN6O2S. The molecule has 1 aromatic heterocycles. The predicted molar refractivity (Wildman–Crippen MR) is 150 cm³/mol. The summed E-state index contributed by atoms with van der Waals surface area (Å²) in [6.07, 6.45) is 1.76. The van der Waals surface area contributed by atoms with Crippen LogP contribution in [0.4, 0.5) is 10.1 Å². The van der Waals surface area contributed by atoms with E-state index in [2.05, 4.69) is 15.5 Å². The number of aromatic amines is 1. The summed E-state index contributed by atoms with van der Waals surface area (Å²) in [6, 6.07) is 17.3. The van der Waals surface area contributed by atoms with Crippen LogP contribution in [0.1, 0.15) is 43.8 Å². The zero-order chi connectivity index (χ0) is 27.2. The van der Waals surface area contributed by atoms with Crippen molar-refractivity contribution in [1.29, 1.82) is 5.41 Å². The summed E-state index contributed by atoms with van der Waals surface area (Å²) in [5.74, 6) is 0.921. The van der Waals surface area contributed by atoms with Gasteiger partial charge in [0.2, 0.25) is 0 Å². The first kappa shape index (κ1) is 27.0. The van der Waals surface area contributed by atoms with Crippen molar-refractivity contribution in [3.8, 4) is 22.9 Å². The summed E-state index contributed by atoms with van der Waals surface area (Å²) in [4.78, 5) is 5.80. The van der Waals surface area contributed by atoms with Gasteiger partial charge in [0.05, 0.1) is 12.7 Å². The number of anilines is 1. The SMILES string of the molecule is CCOc1cc(OC(C)C)c(F)c(C(Nc2ccc(C(=N)N)cc2)c2nc(-c3ccccc3SC)n[nH]2)c1. The summed E-state index contributed by atoms with van der Waals surface area (Å²) in [5, 5.41) is 18.5. The largest absolute Gasteiger partial charge is 0.494 e. The van der Waals surface area contributed by atoms with Crippen molar-refractivity contribution in [3.05, 3.63) is 83.4 Å². The number of hydrogen-bond donors (Lipinski definition) is 4. The van der Waals surface area contributed by atoms with Gasteiger partial charge in [-0.15, -0.1) is 11.8 Å². The number of amidine groups is 1. The molecule has 0 saturated heterocycles. The zero-order valence-corrected chi connectivity index (χ0v) is 22.5. The fraction of sp³-hybridized carbons (Fsp3) is 0.250. The van der Waals surface area contributed by atoms with Crippen molar-refractivity contribution in [1.82, 2.24) is 15.2 Å². The van der Waals surface area contributed by atoms with E-state index in [0.29, 0.717) is 35.3 Å². The molecule has 0 fully saturated rings. The maximum atomic E-state index is 16.0. The molecule has 1 unspecified atom stereocenters. The second-order valence-electron chi connectivity index (χ2n) is 8.74. The summed E-state index contributed by atoms with van der Waals surface area (Å²) in [7, 11) is 0. The van der Waals surface area contributed by atoms with Gasteiger partial charge in [-0.1, -0.05) is 12.1 Å². The van der Waals surface area contributed by atoms with Crippen LogP contribution in [-0.2, 0) is 0 Å². The van der Waals surface area contributed by atoms with Crippen LogP contribution >= 0.6 is 11.8 Å². The van der Waals surface area contributed by atoms with Gasteiger partial charge >= 0.3 is 0 Å². The smallest absolute Gasteiger partial charge is 0.182 e. The monoisotopic (exact) mass is 534 g/mol. The van der Waals surface area contributed by atoms with E-state index in [1.165, 1.54) is 0 Å². The van der Waals surface area contributed by atoms with E-state index in [9.17, 15) is 0 Å². The number of nitrogen functional groups attached to an aromatic ring is 1. The van der Waals surface area contributed by atoms with E-state index in [4.69, 9.17) is 25.6 Å². The average molecular weight is 535 g/mol. The predicted octanol–water partition coefficient (Wildman–Crippen LogP) is 6.00. The van der Waals surface area contributed by atoms with E-state index < -0.39 is 11.9 Å². The second-order valence-corrected chi connectivity index (χ2v) is 9.59. The third kappa shape index (κ3) is 6.08. The first-order valence-corrected chi connectivity index (χ1v) is 13.4. The minimum Gasteiger partial charge on any atom is -0.494 e. The second kappa shape index (κ2) is 12.0. The Morgan fingerprint density at radius 1 is 1.16 bits per heavy atom. The Balaban J connectivity index is 1.83. The molecule has 0 aliphatic rings. The lowest BCUT2D eigenvalue weighted by molar-refractivity contribution is 0.228. The van der Waals surface area contributed by atoms with Crippen LogP contribution in [0, 0.1) is 11.2 Å². The highest BCUT2D eigenvalue weighted by molar-refractivity contribution is 7.98. The van der Waals surface area contributed by atoms with Crippen LogP contribution in [0.15, 0.2) is 65.6 Å². The topological polar surface area (TPSA) is 122 Å². The van der Waals surface area contributed by atoms with Crippen LogP contribution < -0.4 is 20.5 Å². The normalized spacial score (nSPS) is 11.8. The fourth-order valence-electron chi connectivity index (χ4n) is 3.95. The molecule has 0 saturated carbocycles. The maximum absolute atomic E-state index is 16.0. The third-order valence-corrected chi connectivity index (χ3v) is 6.45. The summed E-state index contributed by atoms with van der Waals surface area (Å²) in [5.41, 5.74) is 8.02. The molecule has 1 atom stereocenters. The molecule has 38 heavy (non-hydrogen) atoms. The minimum atomic E-state index is -0.768. The Labute approximate surface area is 225 Å². The minimum absolute atomic E-state index is 0.0358. The van der Waals surface area contributed by atoms with Crippen LogP contribution in [0.25, 0.3) is 11.4 Å². The number of ether oxygens (including phenoxy) is 2. The quantitative estimate of drug-likeness (QED) is 0.106. The molecule has 0 aliphatic carbocycles. The van der Waals surface area contributed by atoms with Gasteiger partial charge in [0.1, 0.15) is 17.6 Å².